The van der Waals surface area contributed by atoms with Crippen LogP contribution in [0.5, 0.6) is 0 Å². The molecule has 16 heavy (non-hydrogen) atoms. The van der Waals surface area contributed by atoms with Gasteiger partial charge in [0.2, 0.25) is 5.91 Å². The Kier molecular flexibility index (Phi) is 3.28. The van der Waals surface area contributed by atoms with Crippen LogP contribution in [-0.2, 0) is 14.3 Å². The molecule has 1 amide bonds. The van der Waals surface area contributed by atoms with Crippen LogP contribution in [0.2, 0.25) is 0 Å². The first-order chi connectivity index (χ1) is 7.15. The van der Waals surface area contributed by atoms with Gasteiger partial charge in [-0.25, -0.2) is 4.79 Å². The number of likely N-dealkylation sites (N-methyl/N-ethyl adjacent to an activating group) is 1. The average molecular weight is 228 g/mol. The zero-order chi connectivity index (χ0) is 12.6. The molecule has 1 saturated heterocycles. The summed E-state index contributed by atoms with van der Waals surface area (Å²) in [7, 11) is 1.75. The quantitative estimate of drug-likeness (QED) is 0.649. The van der Waals surface area contributed by atoms with Crippen molar-refractivity contribution in [2.45, 2.75) is 38.8 Å². The van der Waals surface area contributed by atoms with Crippen LogP contribution >= 0.6 is 0 Å². The fraction of sp³-hybridized carbons (Fsp3) is 0.818. The summed E-state index contributed by atoms with van der Waals surface area (Å²) in [5.41, 5.74) is -1.29. The van der Waals surface area contributed by atoms with Gasteiger partial charge in [0.15, 0.2) is 0 Å². The Bertz CT molecular complexity index is 309. The number of nitrogens with one attached hydrogen (secondary N) is 1. The third kappa shape index (κ3) is 2.72. The summed E-state index contributed by atoms with van der Waals surface area (Å²) in [6, 6.07) is 0. The lowest BCUT2D eigenvalue weighted by Gasteiger charge is -2.41. The molecule has 5 heteroatoms. The van der Waals surface area contributed by atoms with Crippen molar-refractivity contribution < 1.29 is 14.3 Å². The van der Waals surface area contributed by atoms with Gasteiger partial charge in [0.25, 0.3) is 0 Å². The number of hydrogen-bond donors (Lipinski definition) is 1. The Balaban J connectivity index is 2.77. The van der Waals surface area contributed by atoms with Gasteiger partial charge in [-0.05, 0) is 34.7 Å². The minimum absolute atomic E-state index is 0.0662. The predicted octanol–water partition coefficient (Wildman–Crippen LogP) is 0.148. The molecule has 1 N–H and O–H groups in total. The van der Waals surface area contributed by atoms with Gasteiger partial charge in [0, 0.05) is 6.54 Å². The van der Waals surface area contributed by atoms with E-state index in [9.17, 15) is 9.59 Å². The topological polar surface area (TPSA) is 58.6 Å². The lowest BCUT2D eigenvalue weighted by Crippen LogP contribution is -2.65. The maximum Gasteiger partial charge on any atom is 0.328 e. The number of nitrogens with zero attached hydrogens (tertiary/aromatic N) is 1. The molecule has 1 atom stereocenters. The second-order valence-corrected chi connectivity index (χ2v) is 5.41. The van der Waals surface area contributed by atoms with Crippen LogP contribution in [0, 0.1) is 0 Å². The van der Waals surface area contributed by atoms with Crippen LogP contribution < -0.4 is 5.32 Å². The van der Waals surface area contributed by atoms with Crippen molar-refractivity contribution in [1.82, 2.24) is 10.2 Å². The number of piperazine rings is 1. The lowest BCUT2D eigenvalue weighted by molar-refractivity contribution is -0.170. The van der Waals surface area contributed by atoms with E-state index < -0.39 is 11.1 Å². The van der Waals surface area contributed by atoms with Gasteiger partial charge in [0.1, 0.15) is 11.1 Å². The van der Waals surface area contributed by atoms with Crippen molar-refractivity contribution in [2.24, 2.45) is 0 Å². The standard InChI is InChI=1S/C11H20N2O3/c1-10(2,3)16-9(15)11(4)7-12-8(14)6-13(11)5/h6-7H2,1-5H3,(H,12,14). The van der Waals surface area contributed by atoms with Crippen LogP contribution in [0.25, 0.3) is 0 Å². The monoisotopic (exact) mass is 228 g/mol. The number of carbonyl (C=O) groups is 2. The Labute approximate surface area is 96.1 Å². The highest BCUT2D eigenvalue weighted by Crippen LogP contribution is 2.20. The van der Waals surface area contributed by atoms with Crippen LogP contribution in [0.3, 0.4) is 0 Å². The molecule has 1 aliphatic heterocycles. The second kappa shape index (κ2) is 4.05. The molecule has 1 fully saturated rings. The molecule has 1 unspecified atom stereocenters. The van der Waals surface area contributed by atoms with Gasteiger partial charge in [-0.2, -0.15) is 0 Å². The highest BCUT2D eigenvalue weighted by atomic mass is 16.6. The molecule has 0 aromatic heterocycles. The van der Waals surface area contributed by atoms with E-state index in [0.717, 1.165) is 0 Å². The highest BCUT2D eigenvalue weighted by molar-refractivity contribution is 5.86. The number of esters is 1. The van der Waals surface area contributed by atoms with Crippen LogP contribution in [0.4, 0.5) is 0 Å². The highest BCUT2D eigenvalue weighted by Gasteiger charge is 2.44. The first kappa shape index (κ1) is 13.0. The van der Waals surface area contributed by atoms with Crippen LogP contribution in [-0.4, -0.2) is 48.1 Å². The van der Waals surface area contributed by atoms with Crippen molar-refractivity contribution in [3.63, 3.8) is 0 Å². The summed E-state index contributed by atoms with van der Waals surface area (Å²) in [6.45, 7) is 7.77. The lowest BCUT2D eigenvalue weighted by atomic mass is 9.97. The Morgan fingerprint density at radius 3 is 2.50 bits per heavy atom. The SMILES string of the molecule is CN1CC(=O)NCC1(C)C(=O)OC(C)(C)C. The maximum atomic E-state index is 12.0. The summed E-state index contributed by atoms with van der Waals surface area (Å²) >= 11 is 0. The molecule has 0 radical (unpaired) electrons. The second-order valence-electron chi connectivity index (χ2n) is 5.41. The van der Waals surface area contributed by atoms with Crippen molar-refractivity contribution in [3.05, 3.63) is 0 Å². The Morgan fingerprint density at radius 2 is 2.06 bits per heavy atom. The van der Waals surface area contributed by atoms with E-state index in [4.69, 9.17) is 4.74 Å². The van der Waals surface area contributed by atoms with Crippen LogP contribution in [0.1, 0.15) is 27.7 Å². The van der Waals surface area contributed by atoms with Gasteiger partial charge >= 0.3 is 5.97 Å². The van der Waals surface area contributed by atoms with Gasteiger partial charge in [-0.1, -0.05) is 0 Å². The first-order valence-corrected chi connectivity index (χ1v) is 5.36. The fourth-order valence-corrected chi connectivity index (χ4v) is 1.47. The normalized spacial score (nSPS) is 27.4. The van der Waals surface area contributed by atoms with E-state index in [1.807, 2.05) is 20.8 Å². The van der Waals surface area contributed by atoms with E-state index in [0.29, 0.717) is 0 Å². The maximum absolute atomic E-state index is 12.0. The molecule has 0 aromatic rings. The molecule has 1 heterocycles. The zero-order valence-corrected chi connectivity index (χ0v) is 10.6. The van der Waals surface area contributed by atoms with Crippen molar-refractivity contribution in [1.29, 1.82) is 0 Å². The molecular weight excluding hydrogens is 208 g/mol. The predicted molar refractivity (Wildman–Crippen MR) is 59.9 cm³/mol. The van der Waals surface area contributed by atoms with E-state index in [1.54, 1.807) is 18.9 Å². The third-order valence-electron chi connectivity index (χ3n) is 2.69. The van der Waals surface area contributed by atoms with E-state index in [-0.39, 0.29) is 25.0 Å². The molecule has 0 aromatic carbocycles. The molecule has 92 valence electrons. The largest absolute Gasteiger partial charge is 0.459 e. The summed E-state index contributed by atoms with van der Waals surface area (Å²) < 4.78 is 5.35. The summed E-state index contributed by atoms with van der Waals surface area (Å²) in [6.07, 6.45) is 0. The zero-order valence-electron chi connectivity index (χ0n) is 10.6. The molecule has 0 aliphatic carbocycles. The number of amides is 1. The molecular formula is C11H20N2O3. The summed E-state index contributed by atoms with van der Waals surface area (Å²) in [4.78, 5) is 24.9. The van der Waals surface area contributed by atoms with Crippen molar-refractivity contribution in [2.75, 3.05) is 20.1 Å². The Morgan fingerprint density at radius 1 is 1.50 bits per heavy atom. The van der Waals surface area contributed by atoms with Crippen molar-refractivity contribution >= 4 is 11.9 Å². The number of hydrogen-bond acceptors (Lipinski definition) is 4. The average Bonchev–Trinajstić information content (AvgIpc) is 2.09. The van der Waals surface area contributed by atoms with Gasteiger partial charge in [-0.3, -0.25) is 9.69 Å². The van der Waals surface area contributed by atoms with E-state index >= 15 is 0 Å². The third-order valence-corrected chi connectivity index (χ3v) is 2.69. The number of rotatable bonds is 1. The van der Waals surface area contributed by atoms with E-state index in [1.165, 1.54) is 0 Å². The first-order valence-electron chi connectivity index (χ1n) is 5.36. The van der Waals surface area contributed by atoms with E-state index in [2.05, 4.69) is 5.32 Å². The van der Waals surface area contributed by atoms with Gasteiger partial charge in [0.05, 0.1) is 6.54 Å². The minimum atomic E-state index is -0.777. The van der Waals surface area contributed by atoms with Gasteiger partial charge < -0.3 is 10.1 Å². The summed E-state index contributed by atoms with van der Waals surface area (Å²) in [5, 5.41) is 2.69. The van der Waals surface area contributed by atoms with Crippen molar-refractivity contribution in [3.8, 4) is 0 Å². The number of carbonyl (C=O) groups excluding carboxylic acids is 2. The molecule has 0 bridgehead atoms. The molecule has 0 saturated carbocycles. The number of ether oxygens (including phenoxy) is 1. The molecule has 1 aliphatic rings. The van der Waals surface area contributed by atoms with Crippen LogP contribution in [0.15, 0.2) is 0 Å². The molecule has 1 rings (SSSR count). The smallest absolute Gasteiger partial charge is 0.328 e. The fourth-order valence-electron chi connectivity index (χ4n) is 1.47. The summed E-state index contributed by atoms with van der Waals surface area (Å²) in [5.74, 6) is -0.369. The molecule has 5 nitrogen and oxygen atoms in total. The molecule has 0 spiro atoms. The Hall–Kier alpha value is -1.10. The van der Waals surface area contributed by atoms with Gasteiger partial charge in [-0.15, -0.1) is 0 Å². The minimum Gasteiger partial charge on any atom is -0.459 e.